The van der Waals surface area contributed by atoms with Gasteiger partial charge in [0.25, 0.3) is 0 Å². The molecule has 0 radical (unpaired) electrons. The van der Waals surface area contributed by atoms with Crippen LogP contribution in [0.3, 0.4) is 0 Å². The maximum atomic E-state index is 4.56. The van der Waals surface area contributed by atoms with Crippen molar-refractivity contribution in [2.45, 2.75) is 32.7 Å². The van der Waals surface area contributed by atoms with E-state index in [1.165, 1.54) is 5.56 Å². The maximum absolute atomic E-state index is 4.56. The normalized spacial score (nSPS) is 11.9. The highest BCUT2D eigenvalue weighted by atomic mass is 32.1. The van der Waals surface area contributed by atoms with Gasteiger partial charge in [0, 0.05) is 23.5 Å². The molecule has 0 spiro atoms. The number of aromatic nitrogens is 2. The van der Waals surface area contributed by atoms with Gasteiger partial charge in [-0.15, -0.1) is 11.3 Å². The average molecular weight is 285 g/mol. The maximum Gasteiger partial charge on any atom is 0.193 e. The van der Waals surface area contributed by atoms with E-state index in [1.807, 2.05) is 11.6 Å². The molecular formula is C16H19N3S. The van der Waals surface area contributed by atoms with E-state index in [0.29, 0.717) is 0 Å². The zero-order chi connectivity index (χ0) is 14.2. The van der Waals surface area contributed by atoms with Crippen LogP contribution in [0.5, 0.6) is 0 Å². The van der Waals surface area contributed by atoms with Crippen LogP contribution in [0.25, 0.3) is 4.96 Å². The zero-order valence-corrected chi connectivity index (χ0v) is 12.9. The third kappa shape index (κ3) is 2.70. The molecule has 0 saturated heterocycles. The van der Waals surface area contributed by atoms with Crippen LogP contribution in [-0.2, 0) is 12.0 Å². The molecule has 1 aromatic carbocycles. The highest BCUT2D eigenvalue weighted by molar-refractivity contribution is 7.15. The molecular weight excluding hydrogens is 266 g/mol. The first-order valence-electron chi connectivity index (χ1n) is 6.78. The van der Waals surface area contributed by atoms with Gasteiger partial charge in [-0.1, -0.05) is 32.9 Å². The molecule has 0 fully saturated rings. The Morgan fingerprint density at radius 1 is 1.20 bits per heavy atom. The number of imidazole rings is 1. The molecule has 3 nitrogen and oxygen atoms in total. The van der Waals surface area contributed by atoms with Gasteiger partial charge in [-0.05, 0) is 23.1 Å². The van der Waals surface area contributed by atoms with Crippen LogP contribution in [0.2, 0.25) is 0 Å². The Labute approximate surface area is 123 Å². The van der Waals surface area contributed by atoms with E-state index in [2.05, 4.69) is 65.9 Å². The van der Waals surface area contributed by atoms with E-state index >= 15 is 0 Å². The summed E-state index contributed by atoms with van der Waals surface area (Å²) >= 11 is 1.66. The lowest BCUT2D eigenvalue weighted by molar-refractivity contribution is 0.590. The number of rotatable bonds is 3. The van der Waals surface area contributed by atoms with Crippen molar-refractivity contribution < 1.29 is 0 Å². The second kappa shape index (κ2) is 4.94. The van der Waals surface area contributed by atoms with Crippen molar-refractivity contribution in [3.05, 3.63) is 53.3 Å². The van der Waals surface area contributed by atoms with Crippen LogP contribution >= 0.6 is 11.3 Å². The second-order valence-electron chi connectivity index (χ2n) is 6.01. The van der Waals surface area contributed by atoms with Gasteiger partial charge in [0.2, 0.25) is 0 Å². The minimum absolute atomic E-state index is 0.201. The predicted octanol–water partition coefficient (Wildman–Crippen LogP) is 4.31. The van der Waals surface area contributed by atoms with Gasteiger partial charge in [-0.3, -0.25) is 4.40 Å². The number of anilines is 1. The largest absolute Gasteiger partial charge is 0.379 e. The summed E-state index contributed by atoms with van der Waals surface area (Å²) in [4.78, 5) is 5.61. The first kappa shape index (κ1) is 13.2. The number of nitrogens with one attached hydrogen (secondary N) is 1. The molecule has 20 heavy (non-hydrogen) atoms. The Morgan fingerprint density at radius 3 is 2.60 bits per heavy atom. The predicted molar refractivity (Wildman–Crippen MR) is 85.5 cm³/mol. The quantitative estimate of drug-likeness (QED) is 0.777. The van der Waals surface area contributed by atoms with E-state index in [0.717, 1.165) is 22.9 Å². The summed E-state index contributed by atoms with van der Waals surface area (Å²) in [5.74, 6) is 0. The highest BCUT2D eigenvalue weighted by Crippen LogP contribution is 2.23. The minimum atomic E-state index is 0.201. The molecule has 0 aliphatic rings. The number of hydrogen-bond donors (Lipinski definition) is 1. The Balaban J connectivity index is 1.67. The van der Waals surface area contributed by atoms with Crippen LogP contribution in [0.4, 0.5) is 5.69 Å². The fourth-order valence-corrected chi connectivity index (χ4v) is 2.86. The molecule has 0 bridgehead atoms. The Hall–Kier alpha value is -1.81. The Bertz CT molecular complexity index is 673. The molecule has 0 aliphatic carbocycles. The third-order valence-corrected chi connectivity index (χ3v) is 4.14. The molecule has 3 aromatic rings. The molecule has 2 heterocycles. The summed E-state index contributed by atoms with van der Waals surface area (Å²) in [7, 11) is 0. The molecule has 104 valence electrons. The number of thiazole rings is 1. The highest BCUT2D eigenvalue weighted by Gasteiger charge is 2.12. The van der Waals surface area contributed by atoms with Gasteiger partial charge in [-0.25, -0.2) is 4.98 Å². The minimum Gasteiger partial charge on any atom is -0.379 e. The van der Waals surface area contributed by atoms with Crippen molar-refractivity contribution in [1.82, 2.24) is 9.38 Å². The van der Waals surface area contributed by atoms with Gasteiger partial charge >= 0.3 is 0 Å². The van der Waals surface area contributed by atoms with E-state index in [9.17, 15) is 0 Å². The summed E-state index contributed by atoms with van der Waals surface area (Å²) in [6, 6.07) is 8.65. The molecule has 0 unspecified atom stereocenters. The lowest BCUT2D eigenvalue weighted by Crippen LogP contribution is -2.10. The number of nitrogens with zero attached hydrogens (tertiary/aromatic N) is 2. The fourth-order valence-electron chi connectivity index (χ4n) is 2.14. The van der Waals surface area contributed by atoms with Crippen molar-refractivity contribution >= 4 is 22.0 Å². The number of benzene rings is 1. The van der Waals surface area contributed by atoms with E-state index < -0.39 is 0 Å². The zero-order valence-electron chi connectivity index (χ0n) is 12.1. The summed E-state index contributed by atoms with van der Waals surface area (Å²) in [6.07, 6.45) is 4.11. The van der Waals surface area contributed by atoms with Crippen molar-refractivity contribution in [1.29, 1.82) is 0 Å². The third-order valence-electron chi connectivity index (χ3n) is 3.37. The average Bonchev–Trinajstić information content (AvgIpc) is 2.96. The van der Waals surface area contributed by atoms with Crippen molar-refractivity contribution in [2.75, 3.05) is 5.32 Å². The summed E-state index contributed by atoms with van der Waals surface area (Å²) in [6.45, 7) is 7.44. The molecule has 1 N–H and O–H groups in total. The smallest absolute Gasteiger partial charge is 0.193 e. The van der Waals surface area contributed by atoms with Crippen LogP contribution < -0.4 is 5.32 Å². The van der Waals surface area contributed by atoms with Crippen LogP contribution in [0, 0.1) is 0 Å². The van der Waals surface area contributed by atoms with E-state index in [1.54, 1.807) is 11.3 Å². The SMILES string of the molecule is CC(C)(C)c1ccc(NCc2cn3ccsc3n2)cc1. The van der Waals surface area contributed by atoms with Crippen LogP contribution in [-0.4, -0.2) is 9.38 Å². The van der Waals surface area contributed by atoms with Crippen molar-refractivity contribution in [3.8, 4) is 0 Å². The van der Waals surface area contributed by atoms with Gasteiger partial charge in [0.15, 0.2) is 4.96 Å². The van der Waals surface area contributed by atoms with Crippen molar-refractivity contribution in [3.63, 3.8) is 0 Å². The van der Waals surface area contributed by atoms with Gasteiger partial charge in [0.1, 0.15) is 0 Å². The first-order valence-corrected chi connectivity index (χ1v) is 7.66. The standard InChI is InChI=1S/C16H19N3S/c1-16(2,3)12-4-6-13(7-5-12)17-10-14-11-19-8-9-20-15(19)18-14/h4-9,11,17H,10H2,1-3H3. The Morgan fingerprint density at radius 2 is 1.95 bits per heavy atom. The van der Waals surface area contributed by atoms with E-state index in [4.69, 9.17) is 0 Å². The molecule has 3 rings (SSSR count). The van der Waals surface area contributed by atoms with Crippen molar-refractivity contribution in [2.24, 2.45) is 0 Å². The van der Waals surface area contributed by atoms with Crippen LogP contribution in [0.15, 0.2) is 42.0 Å². The molecule has 0 aliphatic heterocycles. The molecule has 4 heteroatoms. The molecule has 0 saturated carbocycles. The molecule has 0 atom stereocenters. The summed E-state index contributed by atoms with van der Waals surface area (Å²) in [5, 5.41) is 5.47. The van der Waals surface area contributed by atoms with Crippen LogP contribution in [0.1, 0.15) is 32.0 Å². The fraction of sp³-hybridized carbons (Fsp3) is 0.312. The number of hydrogen-bond acceptors (Lipinski definition) is 3. The first-order chi connectivity index (χ1) is 9.52. The molecule has 2 aromatic heterocycles. The second-order valence-corrected chi connectivity index (χ2v) is 6.88. The lowest BCUT2D eigenvalue weighted by Gasteiger charge is -2.19. The lowest BCUT2D eigenvalue weighted by atomic mass is 9.87. The molecule has 0 amide bonds. The van der Waals surface area contributed by atoms with Gasteiger partial charge in [-0.2, -0.15) is 0 Å². The Kier molecular flexibility index (Phi) is 3.26. The summed E-state index contributed by atoms with van der Waals surface area (Å²) in [5.41, 5.74) is 3.75. The van der Waals surface area contributed by atoms with Gasteiger partial charge in [0.05, 0.1) is 12.2 Å². The monoisotopic (exact) mass is 285 g/mol. The van der Waals surface area contributed by atoms with E-state index in [-0.39, 0.29) is 5.41 Å². The van der Waals surface area contributed by atoms with Gasteiger partial charge < -0.3 is 5.32 Å². The topological polar surface area (TPSA) is 29.3 Å². The number of fused-ring (bicyclic) bond motifs is 1. The summed E-state index contributed by atoms with van der Waals surface area (Å²) < 4.78 is 2.06.